The van der Waals surface area contributed by atoms with E-state index >= 15 is 0 Å². The van der Waals surface area contributed by atoms with Gasteiger partial charge in [-0.15, -0.1) is 0 Å². The van der Waals surface area contributed by atoms with Gasteiger partial charge in [0.1, 0.15) is 5.82 Å². The van der Waals surface area contributed by atoms with E-state index in [1.807, 2.05) is 19.3 Å². The normalized spacial score (nSPS) is 18.8. The third-order valence-corrected chi connectivity index (χ3v) is 6.58. The highest BCUT2D eigenvalue weighted by molar-refractivity contribution is 5.80. The summed E-state index contributed by atoms with van der Waals surface area (Å²) in [5.74, 6) is 2.82. The third kappa shape index (κ3) is 5.90. The van der Waals surface area contributed by atoms with Crippen molar-refractivity contribution in [3.05, 3.63) is 54.2 Å². The Morgan fingerprint density at radius 1 is 0.968 bits per heavy atom. The monoisotopic (exact) mass is 420 g/mol. The van der Waals surface area contributed by atoms with E-state index in [1.54, 1.807) is 0 Å². The zero-order chi connectivity index (χ0) is 21.5. The fourth-order valence-electron chi connectivity index (χ4n) is 4.46. The van der Waals surface area contributed by atoms with E-state index in [1.165, 1.54) is 37.2 Å². The van der Waals surface area contributed by atoms with E-state index in [0.29, 0.717) is 6.04 Å². The number of nitrogens with one attached hydrogen (secondary N) is 2. The SMILES string of the molecule is CN=C(NCc1ccc(N2CCC(C)CC2)cc1)NC1CCN(c2ccccn2)CC1. The Bertz CT molecular complexity index is 819. The van der Waals surface area contributed by atoms with Gasteiger partial charge in [0.25, 0.3) is 0 Å². The van der Waals surface area contributed by atoms with Crippen LogP contribution in [0.5, 0.6) is 0 Å². The van der Waals surface area contributed by atoms with Gasteiger partial charge in [0.15, 0.2) is 5.96 Å². The number of hydrogen-bond donors (Lipinski definition) is 2. The maximum Gasteiger partial charge on any atom is 0.191 e. The first-order valence-electron chi connectivity index (χ1n) is 11.7. The highest BCUT2D eigenvalue weighted by atomic mass is 15.2. The van der Waals surface area contributed by atoms with Crippen molar-refractivity contribution in [1.82, 2.24) is 15.6 Å². The summed E-state index contributed by atoms with van der Waals surface area (Å²) in [6.07, 6.45) is 6.63. The van der Waals surface area contributed by atoms with Crippen LogP contribution in [0.2, 0.25) is 0 Å². The van der Waals surface area contributed by atoms with Gasteiger partial charge in [-0.25, -0.2) is 4.98 Å². The van der Waals surface area contributed by atoms with Gasteiger partial charge in [-0.1, -0.05) is 25.1 Å². The number of piperidine rings is 2. The van der Waals surface area contributed by atoms with E-state index in [4.69, 9.17) is 0 Å². The van der Waals surface area contributed by atoms with Gasteiger partial charge in [0.2, 0.25) is 0 Å². The van der Waals surface area contributed by atoms with Crippen molar-refractivity contribution in [2.75, 3.05) is 43.0 Å². The van der Waals surface area contributed by atoms with Gasteiger partial charge in [0.05, 0.1) is 0 Å². The molecule has 2 fully saturated rings. The van der Waals surface area contributed by atoms with Crippen LogP contribution in [0.15, 0.2) is 53.7 Å². The minimum atomic E-state index is 0.440. The summed E-state index contributed by atoms with van der Waals surface area (Å²) >= 11 is 0. The van der Waals surface area contributed by atoms with Crippen LogP contribution in [-0.2, 0) is 6.54 Å². The molecule has 2 aliphatic heterocycles. The molecule has 166 valence electrons. The first-order valence-corrected chi connectivity index (χ1v) is 11.7. The molecule has 0 unspecified atom stereocenters. The number of pyridine rings is 1. The van der Waals surface area contributed by atoms with Gasteiger partial charge >= 0.3 is 0 Å². The molecular formula is C25H36N6. The summed E-state index contributed by atoms with van der Waals surface area (Å²) in [5.41, 5.74) is 2.62. The van der Waals surface area contributed by atoms with Crippen LogP contribution in [0.3, 0.4) is 0 Å². The van der Waals surface area contributed by atoms with Gasteiger partial charge in [-0.2, -0.15) is 0 Å². The number of anilines is 2. The van der Waals surface area contributed by atoms with Crippen LogP contribution in [0.1, 0.15) is 38.2 Å². The molecule has 2 aliphatic rings. The maximum absolute atomic E-state index is 4.47. The Hall–Kier alpha value is -2.76. The molecule has 1 aromatic carbocycles. The summed E-state index contributed by atoms with van der Waals surface area (Å²) in [4.78, 5) is 13.8. The highest BCUT2D eigenvalue weighted by Gasteiger charge is 2.21. The van der Waals surface area contributed by atoms with Crippen molar-refractivity contribution in [3.8, 4) is 0 Å². The number of aliphatic imine (C=N–C) groups is 1. The van der Waals surface area contributed by atoms with Crippen LogP contribution in [-0.4, -0.2) is 50.2 Å². The summed E-state index contributed by atoms with van der Waals surface area (Å²) < 4.78 is 0. The van der Waals surface area contributed by atoms with Crippen LogP contribution >= 0.6 is 0 Å². The van der Waals surface area contributed by atoms with Crippen LogP contribution < -0.4 is 20.4 Å². The van der Waals surface area contributed by atoms with E-state index in [9.17, 15) is 0 Å². The Morgan fingerprint density at radius 2 is 1.68 bits per heavy atom. The fourth-order valence-corrected chi connectivity index (χ4v) is 4.46. The lowest BCUT2D eigenvalue weighted by molar-refractivity contribution is 0.438. The molecule has 0 bridgehead atoms. The first kappa shape index (κ1) is 21.5. The second-order valence-electron chi connectivity index (χ2n) is 8.86. The van der Waals surface area contributed by atoms with E-state index in [0.717, 1.165) is 50.2 Å². The molecular weight excluding hydrogens is 384 g/mol. The predicted octanol–water partition coefficient (Wildman–Crippen LogP) is 3.65. The molecule has 1 aromatic heterocycles. The van der Waals surface area contributed by atoms with Gasteiger partial charge < -0.3 is 20.4 Å². The number of hydrogen-bond acceptors (Lipinski definition) is 4. The minimum Gasteiger partial charge on any atom is -0.372 e. The average molecular weight is 421 g/mol. The smallest absolute Gasteiger partial charge is 0.191 e. The summed E-state index contributed by atoms with van der Waals surface area (Å²) in [6, 6.07) is 15.5. The Kier molecular flexibility index (Phi) is 7.28. The Labute approximate surface area is 186 Å². The minimum absolute atomic E-state index is 0.440. The number of guanidine groups is 1. The lowest BCUT2D eigenvalue weighted by Crippen LogP contribution is -2.48. The molecule has 4 rings (SSSR count). The summed E-state index contributed by atoms with van der Waals surface area (Å²) in [5, 5.41) is 7.08. The van der Waals surface area contributed by atoms with Crippen molar-refractivity contribution >= 4 is 17.5 Å². The molecule has 0 amide bonds. The quantitative estimate of drug-likeness (QED) is 0.571. The summed E-state index contributed by atoms with van der Waals surface area (Å²) in [6.45, 7) is 7.52. The zero-order valence-corrected chi connectivity index (χ0v) is 18.9. The topological polar surface area (TPSA) is 55.8 Å². The standard InChI is InChI=1S/C25H36N6/c1-20-10-15-30(16-11-20)23-8-6-21(7-9-23)19-28-25(26-2)29-22-12-17-31(18-13-22)24-5-3-4-14-27-24/h3-9,14,20,22H,10-13,15-19H2,1-2H3,(H2,26,28,29). The molecule has 6 heteroatoms. The molecule has 0 aliphatic carbocycles. The molecule has 0 radical (unpaired) electrons. The molecule has 2 saturated heterocycles. The van der Waals surface area contributed by atoms with E-state index < -0.39 is 0 Å². The van der Waals surface area contributed by atoms with Gasteiger partial charge in [-0.05, 0) is 61.4 Å². The third-order valence-electron chi connectivity index (χ3n) is 6.58. The lowest BCUT2D eigenvalue weighted by atomic mass is 9.99. The Morgan fingerprint density at radius 3 is 2.32 bits per heavy atom. The Balaban J connectivity index is 1.22. The predicted molar refractivity (Wildman–Crippen MR) is 130 cm³/mol. The average Bonchev–Trinajstić information content (AvgIpc) is 2.83. The molecule has 6 nitrogen and oxygen atoms in total. The molecule has 2 aromatic rings. The second kappa shape index (κ2) is 10.5. The second-order valence-corrected chi connectivity index (χ2v) is 8.86. The van der Waals surface area contributed by atoms with Gasteiger partial charge in [-0.3, -0.25) is 4.99 Å². The van der Waals surface area contributed by atoms with Crippen LogP contribution in [0.4, 0.5) is 11.5 Å². The number of aromatic nitrogens is 1. The fraction of sp³-hybridized carbons (Fsp3) is 0.520. The number of nitrogens with zero attached hydrogens (tertiary/aromatic N) is 4. The first-order chi connectivity index (χ1) is 15.2. The van der Waals surface area contributed by atoms with Crippen molar-refractivity contribution in [1.29, 1.82) is 0 Å². The maximum atomic E-state index is 4.47. The van der Waals surface area contributed by atoms with E-state index in [-0.39, 0.29) is 0 Å². The number of rotatable bonds is 5. The van der Waals surface area contributed by atoms with Crippen molar-refractivity contribution in [3.63, 3.8) is 0 Å². The van der Waals surface area contributed by atoms with Gasteiger partial charge in [0, 0.05) is 57.7 Å². The van der Waals surface area contributed by atoms with Crippen molar-refractivity contribution in [2.24, 2.45) is 10.9 Å². The molecule has 2 N–H and O–H groups in total. The van der Waals surface area contributed by atoms with Crippen molar-refractivity contribution < 1.29 is 0 Å². The molecule has 0 saturated carbocycles. The lowest BCUT2D eigenvalue weighted by Gasteiger charge is -2.33. The van der Waals surface area contributed by atoms with Crippen LogP contribution in [0.25, 0.3) is 0 Å². The molecule has 31 heavy (non-hydrogen) atoms. The molecule has 3 heterocycles. The molecule has 0 spiro atoms. The van der Waals surface area contributed by atoms with Crippen molar-refractivity contribution in [2.45, 2.75) is 45.2 Å². The van der Waals surface area contributed by atoms with Crippen LogP contribution in [0, 0.1) is 5.92 Å². The number of benzene rings is 1. The summed E-state index contributed by atoms with van der Waals surface area (Å²) in [7, 11) is 1.85. The van der Waals surface area contributed by atoms with E-state index in [2.05, 4.69) is 73.7 Å². The zero-order valence-electron chi connectivity index (χ0n) is 18.9. The largest absolute Gasteiger partial charge is 0.372 e. The highest BCUT2D eigenvalue weighted by Crippen LogP contribution is 2.23. The molecule has 0 atom stereocenters.